The lowest BCUT2D eigenvalue weighted by Crippen LogP contribution is -2.56. The lowest BCUT2D eigenvalue weighted by Gasteiger charge is -2.35. The van der Waals surface area contributed by atoms with E-state index in [0.29, 0.717) is 0 Å². The zero-order chi connectivity index (χ0) is 9.84. The summed E-state index contributed by atoms with van der Waals surface area (Å²) in [5.41, 5.74) is 5.70. The number of nitrogens with one attached hydrogen (secondary N) is 1. The summed E-state index contributed by atoms with van der Waals surface area (Å²) in [6, 6.07) is -0.0422. The van der Waals surface area contributed by atoms with Gasteiger partial charge in [-0.3, -0.25) is 4.79 Å². The number of hydrogen-bond donors (Lipinski definition) is 2. The fraction of sp³-hybridized carbons (Fsp3) is 0.889. The predicted octanol–water partition coefficient (Wildman–Crippen LogP) is -0.456. The van der Waals surface area contributed by atoms with Crippen LogP contribution in [0.4, 0.5) is 0 Å². The maximum Gasteiger partial charge on any atom is 0.239 e. The van der Waals surface area contributed by atoms with Crippen molar-refractivity contribution >= 4 is 5.91 Å². The summed E-state index contributed by atoms with van der Waals surface area (Å²) >= 11 is 0. The molecule has 1 saturated heterocycles. The summed E-state index contributed by atoms with van der Waals surface area (Å²) in [5, 5.41) is 3.24. The molecule has 1 unspecified atom stereocenters. The summed E-state index contributed by atoms with van der Waals surface area (Å²) in [6.07, 6.45) is 0.718. The second-order valence-electron chi connectivity index (χ2n) is 3.60. The van der Waals surface area contributed by atoms with Crippen LogP contribution < -0.4 is 11.1 Å². The Morgan fingerprint density at radius 3 is 3.00 bits per heavy atom. The van der Waals surface area contributed by atoms with E-state index in [4.69, 9.17) is 5.73 Å². The van der Waals surface area contributed by atoms with Crippen LogP contribution in [0.5, 0.6) is 0 Å². The highest BCUT2D eigenvalue weighted by atomic mass is 16.2. The van der Waals surface area contributed by atoms with Gasteiger partial charge in [0.1, 0.15) is 0 Å². The third-order valence-electron chi connectivity index (χ3n) is 2.54. The van der Waals surface area contributed by atoms with E-state index in [1.807, 2.05) is 18.7 Å². The van der Waals surface area contributed by atoms with Gasteiger partial charge in [-0.05, 0) is 13.3 Å². The Labute approximate surface area is 79.5 Å². The van der Waals surface area contributed by atoms with E-state index in [2.05, 4.69) is 5.32 Å². The molecule has 0 aromatic heterocycles. The molecule has 4 nitrogen and oxygen atoms in total. The van der Waals surface area contributed by atoms with Gasteiger partial charge in [0.05, 0.1) is 6.04 Å². The Hall–Kier alpha value is -0.610. The molecule has 2 atom stereocenters. The summed E-state index contributed by atoms with van der Waals surface area (Å²) in [5.74, 6) is 0.0940. The molecular formula is C9H19N3O. The van der Waals surface area contributed by atoms with Crippen molar-refractivity contribution in [2.75, 3.05) is 19.6 Å². The minimum atomic E-state index is -0.319. The molecule has 0 bridgehead atoms. The van der Waals surface area contributed by atoms with Gasteiger partial charge in [-0.2, -0.15) is 0 Å². The van der Waals surface area contributed by atoms with Gasteiger partial charge in [0, 0.05) is 25.7 Å². The van der Waals surface area contributed by atoms with Crippen LogP contribution in [0.25, 0.3) is 0 Å². The standard InChI is InChI=1S/C9H19N3O/c1-3-8(10)9(13)12-5-4-11-6-7(12)2/h7-8,11H,3-6,10H2,1-2H3/t7-,8?/m0/s1. The fourth-order valence-corrected chi connectivity index (χ4v) is 1.56. The van der Waals surface area contributed by atoms with Crippen LogP contribution in [0.3, 0.4) is 0 Å². The van der Waals surface area contributed by atoms with Crippen LogP contribution >= 0.6 is 0 Å². The molecule has 0 radical (unpaired) electrons. The van der Waals surface area contributed by atoms with E-state index in [-0.39, 0.29) is 18.0 Å². The first-order chi connectivity index (χ1) is 6.16. The van der Waals surface area contributed by atoms with Gasteiger partial charge in [-0.25, -0.2) is 0 Å². The van der Waals surface area contributed by atoms with Gasteiger partial charge in [0.15, 0.2) is 0 Å². The van der Waals surface area contributed by atoms with Crippen molar-refractivity contribution in [1.29, 1.82) is 0 Å². The third-order valence-corrected chi connectivity index (χ3v) is 2.54. The summed E-state index contributed by atoms with van der Waals surface area (Å²) in [4.78, 5) is 13.6. The molecule has 0 aromatic rings. The first-order valence-electron chi connectivity index (χ1n) is 4.93. The second-order valence-corrected chi connectivity index (χ2v) is 3.60. The molecule has 3 N–H and O–H groups in total. The molecule has 1 heterocycles. The van der Waals surface area contributed by atoms with Crippen molar-refractivity contribution in [1.82, 2.24) is 10.2 Å². The highest BCUT2D eigenvalue weighted by Crippen LogP contribution is 2.05. The van der Waals surface area contributed by atoms with Gasteiger partial charge in [0.25, 0.3) is 0 Å². The van der Waals surface area contributed by atoms with Gasteiger partial charge < -0.3 is 16.0 Å². The first kappa shape index (κ1) is 10.5. The average Bonchev–Trinajstić information content (AvgIpc) is 2.16. The van der Waals surface area contributed by atoms with Gasteiger partial charge in [-0.1, -0.05) is 6.92 Å². The maximum absolute atomic E-state index is 11.7. The van der Waals surface area contributed by atoms with E-state index in [9.17, 15) is 4.79 Å². The minimum absolute atomic E-state index is 0.0940. The molecule has 0 spiro atoms. The SMILES string of the molecule is CCC(N)C(=O)N1CCNC[C@@H]1C. The normalized spacial score (nSPS) is 25.8. The lowest BCUT2D eigenvalue weighted by atomic mass is 10.1. The van der Waals surface area contributed by atoms with Crippen molar-refractivity contribution in [3.63, 3.8) is 0 Å². The van der Waals surface area contributed by atoms with E-state index in [0.717, 1.165) is 26.1 Å². The number of hydrogen-bond acceptors (Lipinski definition) is 3. The Bertz CT molecular complexity index is 184. The van der Waals surface area contributed by atoms with Crippen LogP contribution in [-0.2, 0) is 4.79 Å². The van der Waals surface area contributed by atoms with Crippen LogP contribution in [0, 0.1) is 0 Å². The van der Waals surface area contributed by atoms with Crippen molar-refractivity contribution in [2.45, 2.75) is 32.4 Å². The number of rotatable bonds is 2. The molecule has 1 aliphatic heterocycles. The minimum Gasteiger partial charge on any atom is -0.336 e. The molecule has 1 aliphatic rings. The highest BCUT2D eigenvalue weighted by Gasteiger charge is 2.25. The van der Waals surface area contributed by atoms with Crippen LogP contribution in [0.2, 0.25) is 0 Å². The van der Waals surface area contributed by atoms with Crippen molar-refractivity contribution in [3.8, 4) is 0 Å². The quantitative estimate of drug-likeness (QED) is 0.612. The monoisotopic (exact) mass is 185 g/mol. The van der Waals surface area contributed by atoms with E-state index in [1.165, 1.54) is 0 Å². The Morgan fingerprint density at radius 1 is 1.77 bits per heavy atom. The molecule has 4 heteroatoms. The Morgan fingerprint density at radius 2 is 2.46 bits per heavy atom. The van der Waals surface area contributed by atoms with Gasteiger partial charge >= 0.3 is 0 Å². The number of carbonyl (C=O) groups excluding carboxylic acids is 1. The van der Waals surface area contributed by atoms with Crippen LogP contribution in [0.1, 0.15) is 20.3 Å². The molecule has 1 rings (SSSR count). The molecule has 0 saturated carbocycles. The predicted molar refractivity (Wildman–Crippen MR) is 52.3 cm³/mol. The summed E-state index contributed by atoms with van der Waals surface area (Å²) < 4.78 is 0. The second kappa shape index (κ2) is 4.58. The molecule has 76 valence electrons. The van der Waals surface area contributed by atoms with E-state index >= 15 is 0 Å². The molecule has 1 fully saturated rings. The lowest BCUT2D eigenvalue weighted by molar-refractivity contribution is -0.135. The zero-order valence-corrected chi connectivity index (χ0v) is 8.42. The largest absolute Gasteiger partial charge is 0.336 e. The first-order valence-corrected chi connectivity index (χ1v) is 4.93. The van der Waals surface area contributed by atoms with Crippen molar-refractivity contribution in [2.24, 2.45) is 5.73 Å². The molecular weight excluding hydrogens is 166 g/mol. The topological polar surface area (TPSA) is 58.4 Å². The number of nitrogens with two attached hydrogens (primary N) is 1. The number of piperazine rings is 1. The molecule has 0 aliphatic carbocycles. The summed E-state index contributed by atoms with van der Waals surface area (Å²) in [6.45, 7) is 6.53. The van der Waals surface area contributed by atoms with Gasteiger partial charge in [-0.15, -0.1) is 0 Å². The number of nitrogens with zero attached hydrogens (tertiary/aromatic N) is 1. The van der Waals surface area contributed by atoms with Crippen LogP contribution in [-0.4, -0.2) is 42.5 Å². The Kier molecular flexibility index (Phi) is 3.69. The molecule has 1 amide bonds. The smallest absolute Gasteiger partial charge is 0.239 e. The Balaban J connectivity index is 2.53. The fourth-order valence-electron chi connectivity index (χ4n) is 1.56. The zero-order valence-electron chi connectivity index (χ0n) is 8.42. The highest BCUT2D eigenvalue weighted by molar-refractivity contribution is 5.82. The van der Waals surface area contributed by atoms with Gasteiger partial charge in [0.2, 0.25) is 5.91 Å². The van der Waals surface area contributed by atoms with E-state index < -0.39 is 0 Å². The molecule has 0 aromatic carbocycles. The number of carbonyl (C=O) groups is 1. The number of amides is 1. The van der Waals surface area contributed by atoms with Crippen LogP contribution in [0.15, 0.2) is 0 Å². The van der Waals surface area contributed by atoms with Crippen molar-refractivity contribution in [3.05, 3.63) is 0 Å². The maximum atomic E-state index is 11.7. The molecule has 13 heavy (non-hydrogen) atoms. The summed E-state index contributed by atoms with van der Waals surface area (Å²) in [7, 11) is 0. The third kappa shape index (κ3) is 2.42. The average molecular weight is 185 g/mol. The van der Waals surface area contributed by atoms with E-state index in [1.54, 1.807) is 0 Å². The van der Waals surface area contributed by atoms with Crippen molar-refractivity contribution < 1.29 is 4.79 Å².